The number of rotatable bonds is 8. The van der Waals surface area contributed by atoms with E-state index in [1.807, 2.05) is 0 Å². The fraction of sp³-hybridized carbons (Fsp3) is 1.00. The number of nitrogens with two attached hydrogens (primary N) is 1. The highest BCUT2D eigenvalue weighted by atomic mass is 14.9. The smallest absolute Gasteiger partial charge is 0.000783 e. The Labute approximate surface area is 95.0 Å². The van der Waals surface area contributed by atoms with Gasteiger partial charge in [-0.05, 0) is 50.1 Å². The maximum absolute atomic E-state index is 5.75. The van der Waals surface area contributed by atoms with Gasteiger partial charge < -0.3 is 11.1 Å². The maximum atomic E-state index is 5.75. The first-order chi connectivity index (χ1) is 7.26. The lowest BCUT2D eigenvalue weighted by Gasteiger charge is -2.41. The highest BCUT2D eigenvalue weighted by Crippen LogP contribution is 2.42. The first-order valence-corrected chi connectivity index (χ1v) is 6.67. The van der Waals surface area contributed by atoms with Crippen LogP contribution in [0, 0.1) is 11.3 Å². The molecule has 0 spiro atoms. The summed E-state index contributed by atoms with van der Waals surface area (Å²) in [5, 5.41) is 3.63. The van der Waals surface area contributed by atoms with Crippen LogP contribution >= 0.6 is 0 Å². The van der Waals surface area contributed by atoms with Crippen molar-refractivity contribution in [1.82, 2.24) is 5.32 Å². The van der Waals surface area contributed by atoms with E-state index in [0.29, 0.717) is 11.3 Å². The molecule has 1 unspecified atom stereocenters. The van der Waals surface area contributed by atoms with Gasteiger partial charge in [-0.3, -0.25) is 0 Å². The van der Waals surface area contributed by atoms with E-state index >= 15 is 0 Å². The zero-order chi connectivity index (χ0) is 11.1. The minimum absolute atomic E-state index is 0.644. The van der Waals surface area contributed by atoms with E-state index in [1.54, 1.807) is 0 Å². The Hall–Kier alpha value is -0.0800. The molecule has 90 valence electrons. The maximum Gasteiger partial charge on any atom is 0.000783 e. The fourth-order valence-corrected chi connectivity index (χ4v) is 2.59. The average molecular weight is 212 g/mol. The summed E-state index contributed by atoms with van der Waals surface area (Å²) in [4.78, 5) is 0. The lowest BCUT2D eigenvalue weighted by atomic mass is 9.67. The molecular formula is C13H28N2. The molecule has 1 aliphatic carbocycles. The molecule has 0 heterocycles. The van der Waals surface area contributed by atoms with Crippen molar-refractivity contribution < 1.29 is 0 Å². The van der Waals surface area contributed by atoms with E-state index in [4.69, 9.17) is 5.73 Å². The van der Waals surface area contributed by atoms with E-state index in [9.17, 15) is 0 Å². The molecule has 1 saturated carbocycles. The third-order valence-corrected chi connectivity index (χ3v) is 4.13. The third-order valence-electron chi connectivity index (χ3n) is 4.13. The summed E-state index contributed by atoms with van der Waals surface area (Å²) in [5.74, 6) is 0.684. The van der Waals surface area contributed by atoms with Crippen molar-refractivity contribution in [1.29, 1.82) is 0 Å². The van der Waals surface area contributed by atoms with Gasteiger partial charge in [0.15, 0.2) is 0 Å². The van der Waals surface area contributed by atoms with Crippen molar-refractivity contribution >= 4 is 0 Å². The van der Waals surface area contributed by atoms with E-state index in [2.05, 4.69) is 19.2 Å². The molecule has 0 amide bonds. The molecular weight excluding hydrogens is 184 g/mol. The van der Waals surface area contributed by atoms with Gasteiger partial charge in [0.05, 0.1) is 0 Å². The summed E-state index contributed by atoms with van der Waals surface area (Å²) < 4.78 is 0. The second kappa shape index (κ2) is 6.49. The van der Waals surface area contributed by atoms with Gasteiger partial charge in [-0.15, -0.1) is 0 Å². The molecule has 0 bridgehead atoms. The fourth-order valence-electron chi connectivity index (χ4n) is 2.59. The minimum atomic E-state index is 0.644. The predicted molar refractivity (Wildman–Crippen MR) is 66.9 cm³/mol. The molecule has 0 aromatic carbocycles. The molecule has 15 heavy (non-hydrogen) atoms. The summed E-state index contributed by atoms with van der Waals surface area (Å²) >= 11 is 0. The topological polar surface area (TPSA) is 38.0 Å². The highest BCUT2D eigenvalue weighted by Gasteiger charge is 2.34. The van der Waals surface area contributed by atoms with Crippen LogP contribution in [-0.4, -0.2) is 19.6 Å². The molecule has 0 radical (unpaired) electrons. The molecule has 1 atom stereocenters. The monoisotopic (exact) mass is 212 g/mol. The van der Waals surface area contributed by atoms with Gasteiger partial charge in [-0.1, -0.05) is 26.7 Å². The second-order valence-electron chi connectivity index (χ2n) is 5.23. The Balaban J connectivity index is 2.13. The highest BCUT2D eigenvalue weighted by molar-refractivity contribution is 4.88. The van der Waals surface area contributed by atoms with Crippen molar-refractivity contribution in [2.24, 2.45) is 17.1 Å². The minimum Gasteiger partial charge on any atom is -0.330 e. The Bertz CT molecular complexity index is 158. The SMILES string of the molecule is CCCC(CN)CNCC1(CC)CCC1. The summed E-state index contributed by atoms with van der Waals surface area (Å²) in [7, 11) is 0. The van der Waals surface area contributed by atoms with Gasteiger partial charge in [-0.2, -0.15) is 0 Å². The molecule has 1 aliphatic rings. The molecule has 0 saturated heterocycles. The van der Waals surface area contributed by atoms with Gasteiger partial charge in [0.1, 0.15) is 0 Å². The first-order valence-electron chi connectivity index (χ1n) is 6.67. The average Bonchev–Trinajstić information content (AvgIpc) is 2.20. The Morgan fingerprint density at radius 3 is 2.47 bits per heavy atom. The van der Waals surface area contributed by atoms with Crippen molar-refractivity contribution in [2.75, 3.05) is 19.6 Å². The summed E-state index contributed by atoms with van der Waals surface area (Å²) in [5.41, 5.74) is 6.39. The van der Waals surface area contributed by atoms with E-state index in [0.717, 1.165) is 13.1 Å². The molecule has 3 N–H and O–H groups in total. The van der Waals surface area contributed by atoms with Crippen LogP contribution in [0.3, 0.4) is 0 Å². The molecule has 0 aliphatic heterocycles. The normalized spacial score (nSPS) is 21.0. The van der Waals surface area contributed by atoms with E-state index < -0.39 is 0 Å². The molecule has 1 rings (SSSR count). The quantitative estimate of drug-likeness (QED) is 0.649. The Kier molecular flexibility index (Phi) is 5.62. The van der Waals surface area contributed by atoms with Crippen LogP contribution in [0.25, 0.3) is 0 Å². The standard InChI is InChI=1S/C13H28N2/c1-3-6-12(9-14)10-15-11-13(4-2)7-5-8-13/h12,15H,3-11,14H2,1-2H3. The summed E-state index contributed by atoms with van der Waals surface area (Å²) in [6.45, 7) is 7.73. The zero-order valence-electron chi connectivity index (χ0n) is 10.5. The van der Waals surface area contributed by atoms with Gasteiger partial charge in [-0.25, -0.2) is 0 Å². The number of hydrogen-bond donors (Lipinski definition) is 2. The number of hydrogen-bond acceptors (Lipinski definition) is 2. The van der Waals surface area contributed by atoms with Crippen molar-refractivity contribution in [3.8, 4) is 0 Å². The molecule has 0 aromatic heterocycles. The van der Waals surface area contributed by atoms with Crippen LogP contribution in [0.15, 0.2) is 0 Å². The van der Waals surface area contributed by atoms with Crippen LogP contribution in [0.4, 0.5) is 0 Å². The number of nitrogens with one attached hydrogen (secondary N) is 1. The second-order valence-corrected chi connectivity index (χ2v) is 5.23. The molecule has 1 fully saturated rings. The first kappa shape index (κ1) is 13.0. The van der Waals surface area contributed by atoms with Crippen LogP contribution in [0.5, 0.6) is 0 Å². The van der Waals surface area contributed by atoms with Crippen molar-refractivity contribution in [3.63, 3.8) is 0 Å². The van der Waals surface area contributed by atoms with E-state index in [1.165, 1.54) is 45.1 Å². The predicted octanol–water partition coefficient (Wildman–Crippen LogP) is 2.53. The van der Waals surface area contributed by atoms with Crippen molar-refractivity contribution in [2.45, 2.75) is 52.4 Å². The molecule has 0 aromatic rings. The lowest BCUT2D eigenvalue weighted by molar-refractivity contribution is 0.122. The zero-order valence-corrected chi connectivity index (χ0v) is 10.5. The van der Waals surface area contributed by atoms with Crippen LogP contribution < -0.4 is 11.1 Å². The van der Waals surface area contributed by atoms with Crippen molar-refractivity contribution in [3.05, 3.63) is 0 Å². The Morgan fingerprint density at radius 2 is 2.07 bits per heavy atom. The third kappa shape index (κ3) is 3.76. The van der Waals surface area contributed by atoms with Crippen LogP contribution in [0.1, 0.15) is 52.4 Å². The van der Waals surface area contributed by atoms with Gasteiger partial charge in [0.25, 0.3) is 0 Å². The largest absolute Gasteiger partial charge is 0.330 e. The van der Waals surface area contributed by atoms with Gasteiger partial charge in [0.2, 0.25) is 0 Å². The Morgan fingerprint density at radius 1 is 1.33 bits per heavy atom. The summed E-state index contributed by atoms with van der Waals surface area (Å²) in [6.07, 6.45) is 8.14. The lowest BCUT2D eigenvalue weighted by Crippen LogP contribution is -2.41. The van der Waals surface area contributed by atoms with Crippen LogP contribution in [-0.2, 0) is 0 Å². The van der Waals surface area contributed by atoms with Gasteiger partial charge >= 0.3 is 0 Å². The van der Waals surface area contributed by atoms with Crippen LogP contribution in [0.2, 0.25) is 0 Å². The van der Waals surface area contributed by atoms with E-state index in [-0.39, 0.29) is 0 Å². The van der Waals surface area contributed by atoms with Gasteiger partial charge in [0, 0.05) is 6.54 Å². The molecule has 2 nitrogen and oxygen atoms in total. The molecule has 2 heteroatoms. The summed E-state index contributed by atoms with van der Waals surface area (Å²) in [6, 6.07) is 0.